The fourth-order valence-corrected chi connectivity index (χ4v) is 4.62. The number of amidine groups is 2. The van der Waals surface area contributed by atoms with Gasteiger partial charge in [-0.3, -0.25) is 15.2 Å². The number of nitrogens with one attached hydrogen (secondary N) is 1. The zero-order valence-electron chi connectivity index (χ0n) is 20.5. The maximum Gasteiger partial charge on any atom is 0.283 e. The number of carbonyl (C=O) groups excluding carboxylic acids is 1. The largest absolute Gasteiger partial charge is 0.493 e. The van der Waals surface area contributed by atoms with Crippen molar-refractivity contribution in [1.82, 2.24) is 9.99 Å². The molecule has 0 fully saturated rings. The molecule has 186 valence electrons. The molecular formula is C28H25N5O3S. The SMILES string of the molecule is Cc1cccc(OCCCOc2ccc(C=C3C(=N)N4N=C(c5cccnc5)SC4=NC3=O)cc2)c1C. The van der Waals surface area contributed by atoms with Crippen molar-refractivity contribution in [2.75, 3.05) is 13.2 Å². The second-order valence-electron chi connectivity index (χ2n) is 8.48. The van der Waals surface area contributed by atoms with Gasteiger partial charge in [0.1, 0.15) is 16.5 Å². The van der Waals surface area contributed by atoms with Crippen LogP contribution in [0, 0.1) is 19.3 Å². The number of aryl methyl sites for hydroxylation is 1. The number of carbonyl (C=O) groups is 1. The highest BCUT2D eigenvalue weighted by molar-refractivity contribution is 8.27. The Morgan fingerprint density at radius 2 is 1.84 bits per heavy atom. The van der Waals surface area contributed by atoms with Gasteiger partial charge in [0.05, 0.1) is 18.8 Å². The third kappa shape index (κ3) is 5.46. The third-order valence-corrected chi connectivity index (χ3v) is 6.88. The maximum absolute atomic E-state index is 12.7. The summed E-state index contributed by atoms with van der Waals surface area (Å²) in [6.45, 7) is 5.22. The van der Waals surface area contributed by atoms with Crippen molar-refractivity contribution in [3.05, 3.63) is 94.8 Å². The number of hydrogen-bond acceptors (Lipinski definition) is 7. The first-order valence-corrected chi connectivity index (χ1v) is 12.6. The Balaban J connectivity index is 1.18. The average Bonchev–Trinajstić information content (AvgIpc) is 3.34. The summed E-state index contributed by atoms with van der Waals surface area (Å²) in [5.41, 5.74) is 4.12. The minimum atomic E-state index is -0.462. The average molecular weight is 512 g/mol. The Bertz CT molecular complexity index is 1430. The lowest BCUT2D eigenvalue weighted by molar-refractivity contribution is -0.114. The summed E-state index contributed by atoms with van der Waals surface area (Å²) >= 11 is 1.25. The first-order chi connectivity index (χ1) is 18.0. The predicted octanol–water partition coefficient (Wildman–Crippen LogP) is 5.21. The molecule has 0 saturated heterocycles. The van der Waals surface area contributed by atoms with E-state index in [4.69, 9.17) is 14.9 Å². The van der Waals surface area contributed by atoms with E-state index < -0.39 is 5.91 Å². The van der Waals surface area contributed by atoms with Crippen molar-refractivity contribution in [1.29, 1.82) is 5.41 Å². The second-order valence-corrected chi connectivity index (χ2v) is 9.44. The van der Waals surface area contributed by atoms with Gasteiger partial charge in [0.15, 0.2) is 5.84 Å². The van der Waals surface area contributed by atoms with Crippen LogP contribution in [0.3, 0.4) is 0 Å². The van der Waals surface area contributed by atoms with E-state index in [1.807, 2.05) is 48.5 Å². The molecule has 1 aromatic heterocycles. The van der Waals surface area contributed by atoms with Crippen LogP contribution < -0.4 is 9.47 Å². The van der Waals surface area contributed by atoms with Gasteiger partial charge in [-0.25, -0.2) is 0 Å². The molecule has 1 N–H and O–H groups in total. The number of rotatable bonds is 8. The van der Waals surface area contributed by atoms with Crippen LogP contribution in [-0.4, -0.2) is 45.2 Å². The van der Waals surface area contributed by atoms with E-state index in [9.17, 15) is 4.79 Å². The predicted molar refractivity (Wildman–Crippen MR) is 146 cm³/mol. The van der Waals surface area contributed by atoms with E-state index >= 15 is 0 Å². The zero-order valence-corrected chi connectivity index (χ0v) is 21.3. The fourth-order valence-electron chi connectivity index (χ4n) is 3.74. The number of aromatic nitrogens is 1. The highest BCUT2D eigenvalue weighted by Crippen LogP contribution is 2.30. The summed E-state index contributed by atoms with van der Waals surface area (Å²) < 4.78 is 11.7. The van der Waals surface area contributed by atoms with Crippen molar-refractivity contribution in [2.45, 2.75) is 20.3 Å². The van der Waals surface area contributed by atoms with E-state index in [1.165, 1.54) is 22.3 Å². The molecule has 0 radical (unpaired) electrons. The molecule has 2 aliphatic heterocycles. The Morgan fingerprint density at radius 3 is 2.62 bits per heavy atom. The number of ether oxygens (including phenoxy) is 2. The summed E-state index contributed by atoms with van der Waals surface area (Å²) in [5.74, 6) is 1.16. The zero-order chi connectivity index (χ0) is 25.8. The molecule has 1 amide bonds. The number of amides is 1. The normalized spacial score (nSPS) is 15.9. The van der Waals surface area contributed by atoms with E-state index in [0.717, 1.165) is 34.6 Å². The van der Waals surface area contributed by atoms with Crippen LogP contribution in [0.15, 0.2) is 82.7 Å². The summed E-state index contributed by atoms with van der Waals surface area (Å²) in [6, 6.07) is 17.1. The lowest BCUT2D eigenvalue weighted by atomic mass is 10.1. The number of pyridine rings is 1. The highest BCUT2D eigenvalue weighted by atomic mass is 32.2. The summed E-state index contributed by atoms with van der Waals surface area (Å²) in [7, 11) is 0. The van der Waals surface area contributed by atoms with Gasteiger partial charge in [-0.05, 0) is 78.7 Å². The first-order valence-electron chi connectivity index (χ1n) is 11.8. The van der Waals surface area contributed by atoms with Crippen LogP contribution >= 0.6 is 11.8 Å². The molecule has 8 nitrogen and oxygen atoms in total. The lowest BCUT2D eigenvalue weighted by Gasteiger charge is -2.20. The van der Waals surface area contributed by atoms with Gasteiger partial charge < -0.3 is 9.47 Å². The van der Waals surface area contributed by atoms with Gasteiger partial charge in [0.25, 0.3) is 5.91 Å². The summed E-state index contributed by atoms with van der Waals surface area (Å²) in [5, 5.41) is 15.4. The third-order valence-electron chi connectivity index (χ3n) is 5.92. The smallest absolute Gasteiger partial charge is 0.283 e. The number of thioether (sulfide) groups is 1. The molecule has 3 aromatic rings. The van der Waals surface area contributed by atoms with E-state index in [0.29, 0.717) is 23.4 Å². The van der Waals surface area contributed by atoms with E-state index in [1.54, 1.807) is 18.5 Å². The van der Waals surface area contributed by atoms with Crippen LogP contribution in [-0.2, 0) is 4.79 Å². The number of fused-ring (bicyclic) bond motifs is 1. The standard InChI is InChI=1S/C28H25N5O3S/c1-18-6-3-8-24(19(18)2)36-15-5-14-35-22-11-9-20(10-12-22)16-23-25(29)33-28(31-26(23)34)37-27(32-33)21-7-4-13-30-17-21/h3-4,6-13,16-17,29H,5,14-15H2,1-2H3. The van der Waals surface area contributed by atoms with Gasteiger partial charge in [0.2, 0.25) is 5.17 Å². The maximum atomic E-state index is 12.7. The molecule has 37 heavy (non-hydrogen) atoms. The first kappa shape index (κ1) is 24.5. The van der Waals surface area contributed by atoms with E-state index in [-0.39, 0.29) is 11.4 Å². The van der Waals surface area contributed by atoms with Crippen molar-refractivity contribution in [3.8, 4) is 11.5 Å². The number of benzene rings is 2. The van der Waals surface area contributed by atoms with Crippen LogP contribution in [0.25, 0.3) is 6.08 Å². The molecule has 0 unspecified atom stereocenters. The molecule has 9 heteroatoms. The molecule has 0 aliphatic carbocycles. The minimum Gasteiger partial charge on any atom is -0.493 e. The monoisotopic (exact) mass is 511 g/mol. The highest BCUT2D eigenvalue weighted by Gasteiger charge is 2.36. The van der Waals surface area contributed by atoms with Crippen LogP contribution in [0.1, 0.15) is 28.7 Å². The minimum absolute atomic E-state index is 0.00874. The Kier molecular flexibility index (Phi) is 7.14. The lowest BCUT2D eigenvalue weighted by Crippen LogP contribution is -2.35. The van der Waals surface area contributed by atoms with Crippen LogP contribution in [0.4, 0.5) is 0 Å². The summed E-state index contributed by atoms with van der Waals surface area (Å²) in [4.78, 5) is 20.9. The second kappa shape index (κ2) is 10.8. The Labute approximate surface area is 219 Å². The molecule has 2 aromatic carbocycles. The molecule has 0 atom stereocenters. The van der Waals surface area contributed by atoms with Gasteiger partial charge in [-0.1, -0.05) is 24.3 Å². The summed E-state index contributed by atoms with van der Waals surface area (Å²) in [6.07, 6.45) is 5.77. The van der Waals surface area contributed by atoms with Crippen LogP contribution in [0.5, 0.6) is 11.5 Å². The van der Waals surface area contributed by atoms with Gasteiger partial charge in [-0.15, -0.1) is 0 Å². The Morgan fingerprint density at radius 1 is 1.03 bits per heavy atom. The van der Waals surface area contributed by atoms with Crippen molar-refractivity contribution >= 4 is 39.8 Å². The van der Waals surface area contributed by atoms with Gasteiger partial charge in [0, 0.05) is 24.4 Å². The molecule has 0 spiro atoms. The number of hydrogen-bond donors (Lipinski definition) is 1. The fraction of sp³-hybridized carbons (Fsp3) is 0.179. The van der Waals surface area contributed by atoms with Crippen molar-refractivity contribution in [3.63, 3.8) is 0 Å². The molecule has 5 rings (SSSR count). The molecular weight excluding hydrogens is 486 g/mol. The molecule has 2 aliphatic rings. The van der Waals surface area contributed by atoms with Crippen LogP contribution in [0.2, 0.25) is 0 Å². The molecule has 3 heterocycles. The molecule has 0 saturated carbocycles. The number of nitrogens with zero attached hydrogens (tertiary/aromatic N) is 4. The number of hydrazone groups is 1. The van der Waals surface area contributed by atoms with Gasteiger partial charge in [-0.2, -0.15) is 15.1 Å². The molecule has 0 bridgehead atoms. The topological polar surface area (TPSA) is 100 Å². The van der Waals surface area contributed by atoms with Gasteiger partial charge >= 0.3 is 0 Å². The quantitative estimate of drug-likeness (QED) is 0.329. The Hall–Kier alpha value is -4.24. The number of aliphatic imine (C=N–C) groups is 1. The van der Waals surface area contributed by atoms with E-state index in [2.05, 4.69) is 35.0 Å². The van der Waals surface area contributed by atoms with Crippen molar-refractivity contribution < 1.29 is 14.3 Å². The van der Waals surface area contributed by atoms with Crippen molar-refractivity contribution in [2.24, 2.45) is 10.1 Å².